The van der Waals surface area contributed by atoms with Crippen LogP contribution in [-0.4, -0.2) is 34.6 Å². The Hall–Kier alpha value is -2.70. The lowest BCUT2D eigenvalue weighted by Crippen LogP contribution is -2.52. The molecule has 7 heteroatoms. The van der Waals surface area contributed by atoms with Gasteiger partial charge in [0, 0.05) is 12.7 Å². The van der Waals surface area contributed by atoms with Crippen LogP contribution in [0, 0.1) is 5.82 Å². The molecule has 1 aromatic carbocycles. The van der Waals surface area contributed by atoms with E-state index in [4.69, 9.17) is 0 Å². The summed E-state index contributed by atoms with van der Waals surface area (Å²) in [5.41, 5.74) is 0.602. The highest BCUT2D eigenvalue weighted by Gasteiger charge is 2.32. The Bertz CT molecular complexity index is 687. The van der Waals surface area contributed by atoms with Crippen molar-refractivity contribution in [3.05, 3.63) is 48.0 Å². The highest BCUT2D eigenvalue weighted by Crippen LogP contribution is 2.24. The van der Waals surface area contributed by atoms with Gasteiger partial charge in [-0.05, 0) is 25.0 Å². The number of piperidine rings is 1. The van der Waals surface area contributed by atoms with Gasteiger partial charge in [-0.15, -0.1) is 0 Å². The van der Waals surface area contributed by atoms with Crippen LogP contribution < -0.4 is 10.2 Å². The minimum Gasteiger partial charge on any atom is -0.340 e. The Morgan fingerprint density at radius 3 is 2.95 bits per heavy atom. The van der Waals surface area contributed by atoms with Crippen LogP contribution in [0.2, 0.25) is 0 Å². The van der Waals surface area contributed by atoms with Crippen LogP contribution in [-0.2, 0) is 4.79 Å². The van der Waals surface area contributed by atoms with Gasteiger partial charge in [-0.3, -0.25) is 14.7 Å². The van der Waals surface area contributed by atoms with Gasteiger partial charge in [0.1, 0.15) is 11.9 Å². The lowest BCUT2D eigenvalue weighted by molar-refractivity contribution is -0.121. The van der Waals surface area contributed by atoms with Crippen LogP contribution in [0.3, 0.4) is 0 Å². The fraction of sp³-hybridized carbons (Fsp3) is 0.267. The van der Waals surface area contributed by atoms with Crippen LogP contribution in [0.4, 0.5) is 10.1 Å². The van der Waals surface area contributed by atoms with E-state index in [1.54, 1.807) is 18.2 Å². The fourth-order valence-electron chi connectivity index (χ4n) is 2.54. The van der Waals surface area contributed by atoms with Gasteiger partial charge in [0.15, 0.2) is 0 Å². The third-order valence-corrected chi connectivity index (χ3v) is 3.65. The van der Waals surface area contributed by atoms with E-state index < -0.39 is 11.9 Å². The molecule has 1 aliphatic rings. The van der Waals surface area contributed by atoms with Crippen LogP contribution >= 0.6 is 0 Å². The van der Waals surface area contributed by atoms with E-state index in [1.807, 2.05) is 0 Å². The highest BCUT2D eigenvalue weighted by molar-refractivity contribution is 6.02. The standard InChI is InChI=1S/C15H15FN4O2/c16-11-4-1-2-6-13(11)20-7-3-5-12(15(20)22)19-14(21)10-8-17-18-9-10/h1-2,4,6,8-9,12H,3,5,7H2,(H,17,18)(H,19,21). The number of hydrogen-bond donors (Lipinski definition) is 2. The molecule has 1 aliphatic heterocycles. The van der Waals surface area contributed by atoms with Gasteiger partial charge in [0.25, 0.3) is 5.91 Å². The number of carbonyl (C=O) groups is 2. The van der Waals surface area contributed by atoms with Gasteiger partial charge in [-0.25, -0.2) is 4.39 Å². The third-order valence-electron chi connectivity index (χ3n) is 3.65. The average Bonchev–Trinajstić information content (AvgIpc) is 3.05. The van der Waals surface area contributed by atoms with Crippen LogP contribution in [0.1, 0.15) is 23.2 Å². The first-order chi connectivity index (χ1) is 10.7. The minimum absolute atomic E-state index is 0.245. The largest absolute Gasteiger partial charge is 0.340 e. The molecule has 1 atom stereocenters. The smallest absolute Gasteiger partial charge is 0.255 e. The molecule has 0 aliphatic carbocycles. The zero-order valence-electron chi connectivity index (χ0n) is 11.8. The number of hydrogen-bond acceptors (Lipinski definition) is 3. The number of aromatic nitrogens is 2. The summed E-state index contributed by atoms with van der Waals surface area (Å²) in [6, 6.07) is 5.48. The quantitative estimate of drug-likeness (QED) is 0.901. The molecule has 3 rings (SSSR count). The van der Waals surface area contributed by atoms with E-state index in [1.165, 1.54) is 23.4 Å². The van der Waals surface area contributed by atoms with E-state index >= 15 is 0 Å². The monoisotopic (exact) mass is 302 g/mol. The molecule has 1 aromatic heterocycles. The summed E-state index contributed by atoms with van der Waals surface area (Å²) in [6.45, 7) is 0.442. The van der Waals surface area contributed by atoms with Gasteiger partial charge >= 0.3 is 0 Å². The number of carbonyl (C=O) groups excluding carboxylic acids is 2. The lowest BCUT2D eigenvalue weighted by atomic mass is 10.0. The van der Waals surface area contributed by atoms with Gasteiger partial charge in [-0.1, -0.05) is 12.1 Å². The molecule has 6 nitrogen and oxygen atoms in total. The zero-order chi connectivity index (χ0) is 15.5. The molecule has 0 spiro atoms. The molecule has 1 fully saturated rings. The van der Waals surface area contributed by atoms with Gasteiger partial charge in [0.05, 0.1) is 17.4 Å². The molecular weight excluding hydrogens is 287 g/mol. The molecule has 2 heterocycles. The second-order valence-electron chi connectivity index (χ2n) is 5.10. The molecule has 114 valence electrons. The maximum atomic E-state index is 13.9. The molecule has 1 unspecified atom stereocenters. The second kappa shape index (κ2) is 5.97. The van der Waals surface area contributed by atoms with E-state index in [0.29, 0.717) is 24.9 Å². The van der Waals surface area contributed by atoms with E-state index in [0.717, 1.165) is 0 Å². The van der Waals surface area contributed by atoms with E-state index in [2.05, 4.69) is 15.5 Å². The van der Waals surface area contributed by atoms with E-state index in [-0.39, 0.29) is 17.5 Å². The molecule has 1 saturated heterocycles. The molecule has 0 bridgehead atoms. The molecule has 0 saturated carbocycles. The third kappa shape index (κ3) is 2.69. The van der Waals surface area contributed by atoms with Gasteiger partial charge < -0.3 is 10.2 Å². The Kier molecular flexibility index (Phi) is 3.86. The Balaban J connectivity index is 1.76. The Labute approximate surface area is 126 Å². The van der Waals surface area contributed by atoms with Crippen LogP contribution in [0.15, 0.2) is 36.7 Å². The molecular formula is C15H15FN4O2. The highest BCUT2D eigenvalue weighted by atomic mass is 19.1. The van der Waals surface area contributed by atoms with Crippen molar-refractivity contribution in [1.29, 1.82) is 0 Å². The van der Waals surface area contributed by atoms with Crippen molar-refractivity contribution < 1.29 is 14.0 Å². The Morgan fingerprint density at radius 1 is 1.41 bits per heavy atom. The first-order valence-corrected chi connectivity index (χ1v) is 7.02. The zero-order valence-corrected chi connectivity index (χ0v) is 11.8. The van der Waals surface area contributed by atoms with E-state index in [9.17, 15) is 14.0 Å². The number of nitrogens with one attached hydrogen (secondary N) is 2. The Morgan fingerprint density at radius 2 is 2.23 bits per heavy atom. The summed E-state index contributed by atoms with van der Waals surface area (Å²) in [5, 5.41) is 8.92. The van der Waals surface area contributed by atoms with Crippen molar-refractivity contribution in [2.24, 2.45) is 0 Å². The maximum Gasteiger partial charge on any atom is 0.255 e. The number of H-pyrrole nitrogens is 1. The molecule has 0 radical (unpaired) electrons. The molecule has 22 heavy (non-hydrogen) atoms. The summed E-state index contributed by atoms with van der Waals surface area (Å²) in [5.74, 6) is -1.12. The van der Waals surface area contributed by atoms with Crippen molar-refractivity contribution in [3.63, 3.8) is 0 Å². The summed E-state index contributed by atoms with van der Waals surface area (Å²) in [4.78, 5) is 25.9. The first-order valence-electron chi connectivity index (χ1n) is 7.02. The summed E-state index contributed by atoms with van der Waals surface area (Å²) >= 11 is 0. The number of halogens is 1. The topological polar surface area (TPSA) is 78.1 Å². The fourth-order valence-corrected chi connectivity index (χ4v) is 2.54. The number of para-hydroxylation sites is 1. The normalized spacial score (nSPS) is 18.3. The summed E-state index contributed by atoms with van der Waals surface area (Å²) in [6.07, 6.45) is 4.07. The lowest BCUT2D eigenvalue weighted by Gasteiger charge is -2.32. The summed E-state index contributed by atoms with van der Waals surface area (Å²) < 4.78 is 13.9. The average molecular weight is 302 g/mol. The first kappa shape index (κ1) is 14.2. The van der Waals surface area contributed by atoms with Gasteiger partial charge in [-0.2, -0.15) is 5.10 Å². The van der Waals surface area contributed by atoms with Crippen molar-refractivity contribution in [2.45, 2.75) is 18.9 Å². The van der Waals surface area contributed by atoms with Crippen LogP contribution in [0.5, 0.6) is 0 Å². The summed E-state index contributed by atoms with van der Waals surface area (Å²) in [7, 11) is 0. The maximum absolute atomic E-state index is 13.9. The van der Waals surface area contributed by atoms with Crippen molar-refractivity contribution in [1.82, 2.24) is 15.5 Å². The number of rotatable bonds is 3. The SMILES string of the molecule is O=C(NC1CCCN(c2ccccc2F)C1=O)c1cn[nH]c1. The van der Waals surface area contributed by atoms with Crippen molar-refractivity contribution >= 4 is 17.5 Å². The second-order valence-corrected chi connectivity index (χ2v) is 5.10. The number of nitrogens with zero attached hydrogens (tertiary/aromatic N) is 2. The van der Waals surface area contributed by atoms with Crippen molar-refractivity contribution in [3.8, 4) is 0 Å². The van der Waals surface area contributed by atoms with Crippen LogP contribution in [0.25, 0.3) is 0 Å². The predicted molar refractivity (Wildman–Crippen MR) is 77.8 cm³/mol. The van der Waals surface area contributed by atoms with Crippen molar-refractivity contribution in [2.75, 3.05) is 11.4 Å². The molecule has 2 aromatic rings. The predicted octanol–water partition coefficient (Wildman–Crippen LogP) is 1.47. The van der Waals surface area contributed by atoms with Gasteiger partial charge in [0.2, 0.25) is 5.91 Å². The minimum atomic E-state index is -0.657. The number of anilines is 1. The number of aromatic amines is 1. The molecule has 2 amide bonds. The number of amides is 2. The number of benzene rings is 1. The molecule has 2 N–H and O–H groups in total.